The number of ether oxygens (including phenoxy) is 2. The number of carbonyl (C=O) groups excluding carboxylic acids is 2. The zero-order valence-electron chi connectivity index (χ0n) is 16.2. The molecule has 1 N–H and O–H groups in total. The third kappa shape index (κ3) is 1.46. The van der Waals surface area contributed by atoms with Crippen molar-refractivity contribution in [2.24, 2.45) is 22.7 Å². The first-order chi connectivity index (χ1) is 12.8. The summed E-state index contributed by atoms with van der Waals surface area (Å²) in [4.78, 5) is 27.0. The molecule has 2 spiro atoms. The van der Waals surface area contributed by atoms with Crippen LogP contribution < -0.4 is 0 Å². The van der Waals surface area contributed by atoms with Crippen molar-refractivity contribution in [2.75, 3.05) is 7.11 Å². The lowest BCUT2D eigenvalue weighted by Crippen LogP contribution is -2.78. The molecule has 4 saturated carbocycles. The van der Waals surface area contributed by atoms with Crippen molar-refractivity contribution in [3.63, 3.8) is 0 Å². The third-order valence-corrected chi connectivity index (χ3v) is 9.77. The highest BCUT2D eigenvalue weighted by molar-refractivity contribution is 6.03. The van der Waals surface area contributed by atoms with Crippen LogP contribution in [0.15, 0.2) is 11.6 Å². The molecule has 27 heavy (non-hydrogen) atoms. The molecule has 0 aromatic rings. The second kappa shape index (κ2) is 4.58. The third-order valence-electron chi connectivity index (χ3n) is 9.77. The van der Waals surface area contributed by atoms with Gasteiger partial charge in [-0.15, -0.1) is 0 Å². The first-order valence-corrected chi connectivity index (χ1v) is 10.5. The first kappa shape index (κ1) is 16.9. The van der Waals surface area contributed by atoms with Crippen molar-refractivity contribution < 1.29 is 24.2 Å². The molecule has 0 unspecified atom stereocenters. The minimum absolute atomic E-state index is 0.00796. The Labute approximate surface area is 159 Å². The van der Waals surface area contributed by atoms with Gasteiger partial charge in [-0.05, 0) is 49.5 Å². The minimum Gasteiger partial charge on any atom is -0.384 e. The van der Waals surface area contributed by atoms with Crippen molar-refractivity contribution in [3.8, 4) is 0 Å². The van der Waals surface area contributed by atoms with Gasteiger partial charge in [0.05, 0.1) is 5.41 Å². The molecule has 5 heteroatoms. The Hall–Kier alpha value is -1.04. The number of rotatable bonds is 1. The number of methoxy groups -OCH3 is 1. The van der Waals surface area contributed by atoms with E-state index in [9.17, 15) is 14.7 Å². The molecular formula is C22H28O5. The Kier molecular flexibility index (Phi) is 2.86. The molecule has 0 aromatic carbocycles. The monoisotopic (exact) mass is 372 g/mol. The van der Waals surface area contributed by atoms with Crippen LogP contribution in [0.5, 0.6) is 0 Å². The summed E-state index contributed by atoms with van der Waals surface area (Å²) in [5.41, 5.74) is -2.89. The molecule has 7 rings (SSSR count). The van der Waals surface area contributed by atoms with E-state index in [1.165, 1.54) is 0 Å². The molecule has 7 aliphatic rings. The van der Waals surface area contributed by atoms with Crippen LogP contribution in [-0.2, 0) is 19.1 Å². The molecule has 2 heterocycles. The van der Waals surface area contributed by atoms with E-state index in [2.05, 4.69) is 13.0 Å². The maximum absolute atomic E-state index is 13.9. The summed E-state index contributed by atoms with van der Waals surface area (Å²) >= 11 is 0. The van der Waals surface area contributed by atoms with Gasteiger partial charge >= 0.3 is 0 Å². The molecule has 2 aliphatic heterocycles. The maximum atomic E-state index is 13.9. The Morgan fingerprint density at radius 2 is 1.96 bits per heavy atom. The van der Waals surface area contributed by atoms with Crippen molar-refractivity contribution in [1.82, 2.24) is 0 Å². The molecule has 7 atom stereocenters. The second-order valence-electron chi connectivity index (χ2n) is 10.2. The van der Waals surface area contributed by atoms with Gasteiger partial charge in [0.15, 0.2) is 17.2 Å². The summed E-state index contributed by atoms with van der Waals surface area (Å²) in [7, 11) is 1.67. The summed E-state index contributed by atoms with van der Waals surface area (Å²) in [6, 6.07) is 0. The Morgan fingerprint density at radius 3 is 2.74 bits per heavy atom. The van der Waals surface area contributed by atoms with E-state index >= 15 is 0 Å². The predicted molar refractivity (Wildman–Crippen MR) is 95.7 cm³/mol. The number of aliphatic hydroxyl groups is 1. The maximum Gasteiger partial charge on any atom is 0.170 e. The van der Waals surface area contributed by atoms with E-state index < -0.39 is 22.4 Å². The zero-order valence-corrected chi connectivity index (χ0v) is 16.2. The Morgan fingerprint density at radius 1 is 1.15 bits per heavy atom. The van der Waals surface area contributed by atoms with Gasteiger partial charge in [0.25, 0.3) is 0 Å². The fraction of sp³-hybridized carbons (Fsp3) is 0.818. The van der Waals surface area contributed by atoms with Crippen molar-refractivity contribution in [1.29, 1.82) is 0 Å². The number of hydrogen-bond donors (Lipinski definition) is 1. The predicted octanol–water partition coefficient (Wildman–Crippen LogP) is 2.70. The molecule has 6 fully saturated rings. The van der Waals surface area contributed by atoms with Gasteiger partial charge in [-0.3, -0.25) is 9.59 Å². The summed E-state index contributed by atoms with van der Waals surface area (Å²) in [5, 5.41) is 12.1. The fourth-order valence-electron chi connectivity index (χ4n) is 8.34. The normalized spacial score (nSPS) is 58.0. The van der Waals surface area contributed by atoms with Crippen LogP contribution >= 0.6 is 0 Å². The van der Waals surface area contributed by atoms with Crippen LogP contribution in [-0.4, -0.2) is 40.8 Å². The van der Waals surface area contributed by atoms with Gasteiger partial charge in [0, 0.05) is 38.2 Å². The molecular weight excluding hydrogens is 344 g/mol. The standard InChI is InChI=1S/C22H28O5/c1-18-9-10-19(26-2)11-14(18)3-5-15-21(25)8-7-13-4-6-16(23)20(13,21)12-17(24)22(15,18)27-19/h5,13-14,25H,3-4,6-12H2,1-2H3/t13-,14-,18+,19-,20+,21-,22+/m0/s1. The molecule has 2 saturated heterocycles. The number of Topliss-reactive ketones (excluding diaryl/α,β-unsaturated/α-hetero) is 2. The highest BCUT2D eigenvalue weighted by atomic mass is 16.7. The van der Waals surface area contributed by atoms with Crippen LogP contribution in [0.2, 0.25) is 0 Å². The fourth-order valence-corrected chi connectivity index (χ4v) is 8.34. The van der Waals surface area contributed by atoms with Crippen molar-refractivity contribution in [3.05, 3.63) is 11.6 Å². The average molecular weight is 372 g/mol. The molecule has 5 aliphatic carbocycles. The highest BCUT2D eigenvalue weighted by Crippen LogP contribution is 2.74. The quantitative estimate of drug-likeness (QED) is 0.717. The van der Waals surface area contributed by atoms with Gasteiger partial charge in [0.2, 0.25) is 0 Å². The van der Waals surface area contributed by atoms with E-state index in [1.807, 2.05) is 0 Å². The zero-order chi connectivity index (χ0) is 18.9. The lowest BCUT2D eigenvalue weighted by Gasteiger charge is -2.70. The molecule has 146 valence electrons. The summed E-state index contributed by atoms with van der Waals surface area (Å²) < 4.78 is 12.5. The summed E-state index contributed by atoms with van der Waals surface area (Å²) in [6.45, 7) is 2.17. The Balaban J connectivity index is 1.61. The largest absolute Gasteiger partial charge is 0.384 e. The van der Waals surface area contributed by atoms with Crippen LogP contribution in [0.3, 0.4) is 0 Å². The minimum atomic E-state index is -1.24. The Bertz CT molecular complexity index is 818. The number of carbonyl (C=O) groups is 2. The smallest absolute Gasteiger partial charge is 0.170 e. The lowest BCUT2D eigenvalue weighted by atomic mass is 9.42. The van der Waals surface area contributed by atoms with E-state index in [0.29, 0.717) is 24.3 Å². The number of allylic oxidation sites excluding steroid dienone is 1. The topological polar surface area (TPSA) is 72.8 Å². The van der Waals surface area contributed by atoms with Gasteiger partial charge in [-0.1, -0.05) is 13.0 Å². The first-order valence-electron chi connectivity index (χ1n) is 10.5. The SMILES string of the molecule is CO[C@@]12CC[C@]3(C)[C@@H](CC=C4[C@@]3(O1)C(=O)C[C@]13C(=O)CC[C@H]1CC[C@]43O)C2. The molecule has 0 aromatic heterocycles. The second-order valence-corrected chi connectivity index (χ2v) is 10.2. The number of fused-ring (bicyclic) bond motifs is 2. The summed E-state index contributed by atoms with van der Waals surface area (Å²) in [6.07, 6.45) is 8.14. The average Bonchev–Trinajstić information content (AvgIpc) is 3.11. The molecule has 5 nitrogen and oxygen atoms in total. The van der Waals surface area contributed by atoms with Crippen LogP contribution in [0, 0.1) is 22.7 Å². The molecule has 0 amide bonds. The van der Waals surface area contributed by atoms with Crippen LogP contribution in [0.4, 0.5) is 0 Å². The van der Waals surface area contributed by atoms with E-state index in [0.717, 1.165) is 38.5 Å². The van der Waals surface area contributed by atoms with Gasteiger partial charge in [0.1, 0.15) is 11.4 Å². The number of hydrogen-bond acceptors (Lipinski definition) is 5. The van der Waals surface area contributed by atoms with Crippen LogP contribution in [0.1, 0.15) is 64.7 Å². The lowest BCUT2D eigenvalue weighted by molar-refractivity contribution is -0.374. The van der Waals surface area contributed by atoms with Crippen molar-refractivity contribution >= 4 is 11.6 Å². The van der Waals surface area contributed by atoms with E-state index in [1.54, 1.807) is 7.11 Å². The van der Waals surface area contributed by atoms with E-state index in [-0.39, 0.29) is 29.3 Å². The highest BCUT2D eigenvalue weighted by Gasteiger charge is 2.81. The molecule has 0 radical (unpaired) electrons. The summed E-state index contributed by atoms with van der Waals surface area (Å²) in [5.74, 6) is -0.211. The van der Waals surface area contributed by atoms with Gasteiger partial charge in [-0.2, -0.15) is 0 Å². The van der Waals surface area contributed by atoms with E-state index in [4.69, 9.17) is 9.47 Å². The van der Waals surface area contributed by atoms with Gasteiger partial charge in [-0.25, -0.2) is 0 Å². The number of ketones is 2. The molecule has 4 bridgehead atoms. The van der Waals surface area contributed by atoms with Gasteiger partial charge < -0.3 is 14.6 Å². The van der Waals surface area contributed by atoms with Crippen LogP contribution in [0.25, 0.3) is 0 Å². The van der Waals surface area contributed by atoms with Crippen molar-refractivity contribution in [2.45, 2.75) is 81.7 Å².